The minimum absolute atomic E-state index is 0.0902. The van der Waals surface area contributed by atoms with Gasteiger partial charge in [0.2, 0.25) is 11.0 Å². The largest absolute Gasteiger partial charge is 0.494 e. The van der Waals surface area contributed by atoms with E-state index in [0.717, 1.165) is 21.5 Å². The molecule has 0 unspecified atom stereocenters. The first-order chi connectivity index (χ1) is 13.1. The van der Waals surface area contributed by atoms with E-state index in [0.29, 0.717) is 11.7 Å². The van der Waals surface area contributed by atoms with Crippen molar-refractivity contribution in [3.05, 3.63) is 54.1 Å². The number of thioether (sulfide) groups is 1. The Bertz CT molecular complexity index is 897. The molecule has 6 nitrogen and oxygen atoms in total. The number of amides is 1. The number of rotatable bonds is 8. The fraction of sp³-hybridized carbons (Fsp3) is 0.211. The van der Waals surface area contributed by atoms with Crippen LogP contribution in [0.1, 0.15) is 12.5 Å². The van der Waals surface area contributed by atoms with E-state index in [2.05, 4.69) is 20.8 Å². The Balaban J connectivity index is 1.48. The van der Waals surface area contributed by atoms with Crippen LogP contribution in [0.2, 0.25) is 0 Å². The number of ether oxygens (including phenoxy) is 1. The number of carbonyl (C=O) groups excluding carboxylic acids is 1. The third-order valence-electron chi connectivity index (χ3n) is 3.45. The fourth-order valence-electron chi connectivity index (χ4n) is 2.29. The molecule has 1 amide bonds. The van der Waals surface area contributed by atoms with Gasteiger partial charge in [0.1, 0.15) is 5.75 Å². The summed E-state index contributed by atoms with van der Waals surface area (Å²) in [7, 11) is 0. The second-order valence-electron chi connectivity index (χ2n) is 5.66. The lowest BCUT2D eigenvalue weighted by molar-refractivity contribution is -0.113. The molecule has 140 valence electrons. The van der Waals surface area contributed by atoms with E-state index in [1.54, 1.807) is 0 Å². The summed E-state index contributed by atoms with van der Waals surface area (Å²) in [5, 5.41) is 15.0. The molecule has 3 aromatic rings. The van der Waals surface area contributed by atoms with Crippen LogP contribution >= 0.6 is 23.1 Å². The Hall–Kier alpha value is -2.58. The molecular weight excluding hydrogens is 380 g/mol. The van der Waals surface area contributed by atoms with Crippen molar-refractivity contribution >= 4 is 45.5 Å². The van der Waals surface area contributed by atoms with Gasteiger partial charge in [0.05, 0.1) is 12.4 Å². The number of hydrogen-bond acceptors (Lipinski definition) is 7. The molecule has 0 aliphatic heterocycles. The summed E-state index contributed by atoms with van der Waals surface area (Å²) in [5.41, 5.74) is 2.88. The van der Waals surface area contributed by atoms with E-state index < -0.39 is 0 Å². The highest BCUT2D eigenvalue weighted by Gasteiger charge is 2.09. The first-order valence-corrected chi connectivity index (χ1v) is 10.3. The second kappa shape index (κ2) is 9.38. The zero-order valence-corrected chi connectivity index (χ0v) is 16.7. The average molecular weight is 401 g/mol. The van der Waals surface area contributed by atoms with Crippen LogP contribution in [0.15, 0.2) is 52.9 Å². The molecule has 27 heavy (non-hydrogen) atoms. The predicted molar refractivity (Wildman–Crippen MR) is 111 cm³/mol. The minimum atomic E-state index is -0.0902. The molecular formula is C19H20N4O2S2. The molecule has 0 radical (unpaired) electrons. The molecule has 0 atom stereocenters. The van der Waals surface area contributed by atoms with Gasteiger partial charge in [-0.2, -0.15) is 0 Å². The molecule has 1 aromatic heterocycles. The van der Waals surface area contributed by atoms with Gasteiger partial charge < -0.3 is 15.4 Å². The van der Waals surface area contributed by atoms with Crippen molar-refractivity contribution in [1.82, 2.24) is 10.2 Å². The lowest BCUT2D eigenvalue weighted by Gasteiger charge is -2.06. The number of nitrogens with zero attached hydrogens (tertiary/aromatic N) is 2. The van der Waals surface area contributed by atoms with Gasteiger partial charge in [0.25, 0.3) is 0 Å². The summed E-state index contributed by atoms with van der Waals surface area (Å²) < 4.78 is 6.13. The zero-order valence-electron chi connectivity index (χ0n) is 15.1. The normalized spacial score (nSPS) is 10.4. The molecule has 3 rings (SSSR count). The maximum atomic E-state index is 12.1. The minimum Gasteiger partial charge on any atom is -0.494 e. The Morgan fingerprint density at radius 3 is 2.70 bits per heavy atom. The smallest absolute Gasteiger partial charge is 0.234 e. The van der Waals surface area contributed by atoms with Gasteiger partial charge in [-0.05, 0) is 55.8 Å². The van der Waals surface area contributed by atoms with E-state index in [1.165, 1.54) is 28.7 Å². The van der Waals surface area contributed by atoms with Gasteiger partial charge in [0, 0.05) is 11.4 Å². The number of aryl methyl sites for hydroxylation is 1. The van der Waals surface area contributed by atoms with Crippen molar-refractivity contribution in [2.24, 2.45) is 0 Å². The number of nitrogens with one attached hydrogen (secondary N) is 2. The highest BCUT2D eigenvalue weighted by atomic mass is 32.2. The summed E-state index contributed by atoms with van der Waals surface area (Å²) in [4.78, 5) is 12.1. The van der Waals surface area contributed by atoms with Gasteiger partial charge >= 0.3 is 0 Å². The number of carbonyl (C=O) groups is 1. The van der Waals surface area contributed by atoms with Gasteiger partial charge in [-0.25, -0.2) is 0 Å². The van der Waals surface area contributed by atoms with Crippen molar-refractivity contribution in [2.45, 2.75) is 18.2 Å². The SMILES string of the molecule is CCOc1ccc(NC(=O)CSc2nnc(Nc3cccc(C)c3)s2)cc1. The topological polar surface area (TPSA) is 76.1 Å². The van der Waals surface area contributed by atoms with Crippen LogP contribution in [0.3, 0.4) is 0 Å². The highest BCUT2D eigenvalue weighted by molar-refractivity contribution is 8.01. The average Bonchev–Trinajstić information content (AvgIpc) is 3.09. The molecule has 0 aliphatic carbocycles. The zero-order chi connectivity index (χ0) is 19.1. The van der Waals surface area contributed by atoms with E-state index >= 15 is 0 Å². The van der Waals surface area contributed by atoms with Crippen molar-refractivity contribution in [1.29, 1.82) is 0 Å². The quantitative estimate of drug-likeness (QED) is 0.533. The molecule has 8 heteroatoms. The van der Waals surface area contributed by atoms with E-state index in [1.807, 2.05) is 62.4 Å². The van der Waals surface area contributed by atoms with E-state index in [9.17, 15) is 4.79 Å². The number of aromatic nitrogens is 2. The number of hydrogen-bond donors (Lipinski definition) is 2. The van der Waals surface area contributed by atoms with Gasteiger partial charge in [-0.3, -0.25) is 4.79 Å². The second-order valence-corrected chi connectivity index (χ2v) is 7.86. The Kier molecular flexibility index (Phi) is 6.67. The predicted octanol–water partition coefficient (Wildman–Crippen LogP) is 4.72. The maximum absolute atomic E-state index is 12.1. The van der Waals surface area contributed by atoms with Crippen molar-refractivity contribution < 1.29 is 9.53 Å². The van der Waals surface area contributed by atoms with Crippen molar-refractivity contribution in [2.75, 3.05) is 23.0 Å². The maximum Gasteiger partial charge on any atom is 0.234 e. The van der Waals surface area contributed by atoms with Gasteiger partial charge in [0.15, 0.2) is 4.34 Å². The fourth-order valence-corrected chi connectivity index (χ4v) is 3.86. The summed E-state index contributed by atoms with van der Waals surface area (Å²) in [6, 6.07) is 15.4. The van der Waals surface area contributed by atoms with E-state index in [4.69, 9.17) is 4.74 Å². The standard InChI is InChI=1S/C19H20N4O2S2/c1-3-25-16-9-7-14(8-10-16)20-17(24)12-26-19-23-22-18(27-19)21-15-6-4-5-13(2)11-15/h4-11H,3,12H2,1-2H3,(H,20,24)(H,21,22). The van der Waals surface area contributed by atoms with Crippen LogP contribution in [-0.4, -0.2) is 28.5 Å². The molecule has 2 N–H and O–H groups in total. The molecule has 0 bridgehead atoms. The first kappa shape index (κ1) is 19.2. The number of anilines is 3. The van der Waals surface area contributed by atoms with Crippen LogP contribution in [0.5, 0.6) is 5.75 Å². The van der Waals surface area contributed by atoms with Crippen LogP contribution < -0.4 is 15.4 Å². The molecule has 2 aromatic carbocycles. The number of benzene rings is 2. The summed E-state index contributed by atoms with van der Waals surface area (Å²) in [6.45, 7) is 4.59. The summed E-state index contributed by atoms with van der Waals surface area (Å²) in [5.74, 6) is 0.965. The third kappa shape index (κ3) is 5.97. The molecule has 0 spiro atoms. The third-order valence-corrected chi connectivity index (χ3v) is 5.42. The van der Waals surface area contributed by atoms with Crippen LogP contribution in [-0.2, 0) is 4.79 Å². The molecule has 0 fully saturated rings. The molecule has 0 saturated heterocycles. The van der Waals surface area contributed by atoms with Crippen molar-refractivity contribution in [3.63, 3.8) is 0 Å². The highest BCUT2D eigenvalue weighted by Crippen LogP contribution is 2.28. The monoisotopic (exact) mass is 400 g/mol. The summed E-state index contributed by atoms with van der Waals surface area (Å²) >= 11 is 2.78. The Labute approximate surface area is 166 Å². The van der Waals surface area contributed by atoms with E-state index in [-0.39, 0.29) is 11.7 Å². The van der Waals surface area contributed by atoms with Crippen molar-refractivity contribution in [3.8, 4) is 5.75 Å². The van der Waals surface area contributed by atoms with Gasteiger partial charge in [-0.15, -0.1) is 10.2 Å². The first-order valence-electron chi connectivity index (χ1n) is 8.45. The Morgan fingerprint density at radius 2 is 1.96 bits per heavy atom. The summed E-state index contributed by atoms with van der Waals surface area (Å²) in [6.07, 6.45) is 0. The molecule has 1 heterocycles. The van der Waals surface area contributed by atoms with Crippen LogP contribution in [0.4, 0.5) is 16.5 Å². The lowest BCUT2D eigenvalue weighted by atomic mass is 10.2. The lowest BCUT2D eigenvalue weighted by Crippen LogP contribution is -2.13. The van der Waals surface area contributed by atoms with Crippen LogP contribution in [0, 0.1) is 6.92 Å². The van der Waals surface area contributed by atoms with Crippen LogP contribution in [0.25, 0.3) is 0 Å². The Morgan fingerprint density at radius 1 is 1.15 bits per heavy atom. The molecule has 0 aliphatic rings. The van der Waals surface area contributed by atoms with Gasteiger partial charge in [-0.1, -0.05) is 35.2 Å². The molecule has 0 saturated carbocycles.